The molecular weight excluding hydrogens is 309 g/mol. The molecule has 0 rings (SSSR count). The van der Waals surface area contributed by atoms with E-state index in [2.05, 4.69) is 0 Å². The Morgan fingerprint density at radius 1 is 0.333 bits per heavy atom. The molecule has 0 aliphatic heterocycles. The van der Waals surface area contributed by atoms with E-state index in [-0.39, 0.29) is 153 Å². The smallest absolute Gasteiger partial charge is 2.00 e. The minimum Gasteiger partial charge on any atom is -2.00 e. The molecule has 0 bridgehead atoms. The van der Waals surface area contributed by atoms with E-state index < -0.39 is 0 Å². The van der Waals surface area contributed by atoms with Crippen molar-refractivity contribution >= 4 is 126 Å². The van der Waals surface area contributed by atoms with Crippen LogP contribution in [-0.4, -0.2) is 126 Å². The predicted molar refractivity (Wildman–Crippen MR) is 26.4 cm³/mol. The third kappa shape index (κ3) is 78.0. The fraction of sp³-hybridized carbons (Fsp3) is 0. The second kappa shape index (κ2) is 94.7. The van der Waals surface area contributed by atoms with Crippen molar-refractivity contribution in [3.05, 3.63) is 0 Å². The summed E-state index contributed by atoms with van der Waals surface area (Å²) in [5.74, 6) is 0. The van der Waals surface area contributed by atoms with E-state index in [1.807, 2.05) is 0 Å². The van der Waals surface area contributed by atoms with Gasteiger partial charge in [0.25, 0.3) is 0 Å². The van der Waals surface area contributed by atoms with Crippen molar-refractivity contribution in [2.75, 3.05) is 0 Å². The third-order valence-electron chi connectivity index (χ3n) is 0. The van der Waals surface area contributed by atoms with Crippen LogP contribution >= 0.6 is 0 Å². The molecule has 9 heavy (non-hydrogen) atoms. The Morgan fingerprint density at radius 3 is 0.333 bits per heavy atom. The molecule has 0 aliphatic rings. The molecule has 0 aromatic rings. The monoisotopic (exact) mass is 310 g/mol. The molecule has 5 nitrogen and oxygen atoms in total. The number of rotatable bonds is 0. The minimum atomic E-state index is 0. The van der Waals surface area contributed by atoms with Crippen molar-refractivity contribution in [2.24, 2.45) is 0 Å². The van der Waals surface area contributed by atoms with E-state index in [4.69, 9.17) is 0 Å². The van der Waals surface area contributed by atoms with E-state index in [9.17, 15) is 0 Å². The predicted octanol–water partition coefficient (Wildman–Crippen LogP) is -2.12. The normalized spacial score (nSPS) is 0. The maximum absolute atomic E-state index is 0. The van der Waals surface area contributed by atoms with E-state index >= 15 is 0 Å². The van der Waals surface area contributed by atoms with Gasteiger partial charge in [-0.1, -0.05) is 0 Å². The van der Waals surface area contributed by atoms with Gasteiger partial charge in [-0.3, -0.25) is 0 Å². The van der Waals surface area contributed by atoms with Crippen LogP contribution in [0, 0.1) is 0 Å². The molecule has 9 heteroatoms. The quantitative estimate of drug-likeness (QED) is 0.451. The molecule has 0 heterocycles. The van der Waals surface area contributed by atoms with Crippen LogP contribution in [0.3, 0.4) is 0 Å². The average Bonchev–Trinajstić information content (AvgIpc) is 0. The summed E-state index contributed by atoms with van der Waals surface area (Å²) in [6, 6.07) is 0. The van der Waals surface area contributed by atoms with Crippen molar-refractivity contribution in [3.8, 4) is 0 Å². The van der Waals surface area contributed by atoms with E-state index in [1.165, 1.54) is 0 Å². The summed E-state index contributed by atoms with van der Waals surface area (Å²) < 4.78 is 0. The molecule has 0 radical (unpaired) electrons. The average molecular weight is 309 g/mol. The van der Waals surface area contributed by atoms with Crippen LogP contribution in [0.5, 0.6) is 0 Å². The molecule has 0 N–H and O–H groups in total. The summed E-state index contributed by atoms with van der Waals surface area (Å²) in [4.78, 5) is 0. The van der Waals surface area contributed by atoms with Crippen molar-refractivity contribution in [1.29, 1.82) is 0 Å². The Labute approximate surface area is 149 Å². The Hall–Kier alpha value is 3.83. The Balaban J connectivity index is 0. The van der Waals surface area contributed by atoms with Crippen LogP contribution < -0.4 is 0 Å². The Bertz CT molecular complexity index is 12.9. The van der Waals surface area contributed by atoms with Crippen LogP contribution in [0.2, 0.25) is 0 Å². The SMILES string of the molecule is [Al+3].[Al+3].[O-2].[O-2].[O-2].[O-2].[O-2].[Sr+2].[Sr+2]. The van der Waals surface area contributed by atoms with Gasteiger partial charge in [-0.05, 0) is 0 Å². The zero-order chi connectivity index (χ0) is 0. The van der Waals surface area contributed by atoms with Crippen LogP contribution in [0.15, 0.2) is 0 Å². The topological polar surface area (TPSA) is 142 Å². The van der Waals surface area contributed by atoms with Gasteiger partial charge in [-0.25, -0.2) is 0 Å². The largest absolute Gasteiger partial charge is 3.00 e. The molecule has 0 amide bonds. The second-order valence-corrected chi connectivity index (χ2v) is 0. The van der Waals surface area contributed by atoms with Gasteiger partial charge in [0.1, 0.15) is 0 Å². The molecule has 0 saturated heterocycles. The van der Waals surface area contributed by atoms with Crippen molar-refractivity contribution in [3.63, 3.8) is 0 Å². The Kier molecular flexibility index (Phi) is 1290. The van der Waals surface area contributed by atoms with Gasteiger partial charge in [-0.15, -0.1) is 0 Å². The summed E-state index contributed by atoms with van der Waals surface area (Å²) in [6.07, 6.45) is 0. The van der Waals surface area contributed by atoms with Crippen LogP contribution in [0.1, 0.15) is 0 Å². The standard InChI is InChI=1S/2Al.5O.2Sr/q2*+3;5*-2;2*+2. The zero-order valence-electron chi connectivity index (χ0n) is 4.61. The molecule has 40 valence electrons. The van der Waals surface area contributed by atoms with Gasteiger partial charge in [0, 0.05) is 0 Å². The van der Waals surface area contributed by atoms with Gasteiger partial charge < -0.3 is 27.4 Å². The summed E-state index contributed by atoms with van der Waals surface area (Å²) in [5, 5.41) is 0. The van der Waals surface area contributed by atoms with Gasteiger partial charge in [-0.2, -0.15) is 0 Å². The van der Waals surface area contributed by atoms with Crippen LogP contribution in [-0.2, 0) is 27.4 Å². The van der Waals surface area contributed by atoms with Crippen molar-refractivity contribution in [2.45, 2.75) is 0 Å². The first-order valence-electron chi connectivity index (χ1n) is 0. The Morgan fingerprint density at radius 2 is 0.333 bits per heavy atom. The first kappa shape index (κ1) is 123. The molecule has 0 aromatic carbocycles. The number of hydrogen-bond donors (Lipinski definition) is 0. The van der Waals surface area contributed by atoms with Gasteiger partial charge in [0.15, 0.2) is 0 Å². The maximum atomic E-state index is 0. The van der Waals surface area contributed by atoms with Crippen LogP contribution in [0.25, 0.3) is 0 Å². The van der Waals surface area contributed by atoms with Gasteiger partial charge >= 0.3 is 126 Å². The second-order valence-electron chi connectivity index (χ2n) is 0. The fourth-order valence-corrected chi connectivity index (χ4v) is 0. The summed E-state index contributed by atoms with van der Waals surface area (Å²) in [6.45, 7) is 0. The number of hydrogen-bond acceptors (Lipinski definition) is 0. The summed E-state index contributed by atoms with van der Waals surface area (Å²) >= 11 is 0. The van der Waals surface area contributed by atoms with Gasteiger partial charge in [0.2, 0.25) is 0 Å². The fourth-order valence-electron chi connectivity index (χ4n) is 0. The van der Waals surface area contributed by atoms with Crippen molar-refractivity contribution in [1.82, 2.24) is 0 Å². The molecule has 0 spiro atoms. The van der Waals surface area contributed by atoms with E-state index in [1.54, 1.807) is 0 Å². The molecule has 0 atom stereocenters. The van der Waals surface area contributed by atoms with E-state index in [0.717, 1.165) is 0 Å². The summed E-state index contributed by atoms with van der Waals surface area (Å²) in [5.41, 5.74) is 0. The molecule has 0 saturated carbocycles. The van der Waals surface area contributed by atoms with E-state index in [0.29, 0.717) is 0 Å². The molecular formula is Al2O5Sr2. The van der Waals surface area contributed by atoms with Crippen molar-refractivity contribution < 1.29 is 27.4 Å². The maximum Gasteiger partial charge on any atom is 3.00 e. The third-order valence-corrected chi connectivity index (χ3v) is 0. The van der Waals surface area contributed by atoms with Gasteiger partial charge in [0.05, 0.1) is 0 Å². The first-order valence-corrected chi connectivity index (χ1v) is 0. The molecule has 0 aromatic heterocycles. The molecule has 0 aliphatic carbocycles. The zero-order valence-corrected chi connectivity index (χ0v) is 13.9. The molecule has 0 unspecified atom stereocenters. The first-order chi connectivity index (χ1) is 0. The molecule has 0 fully saturated rings. The summed E-state index contributed by atoms with van der Waals surface area (Å²) in [7, 11) is 0. The minimum absolute atomic E-state index is 0. The van der Waals surface area contributed by atoms with Crippen LogP contribution in [0.4, 0.5) is 0 Å².